The summed E-state index contributed by atoms with van der Waals surface area (Å²) in [6.07, 6.45) is 4.50. The van der Waals surface area contributed by atoms with Crippen LogP contribution in [-0.4, -0.2) is 49.2 Å². The molecule has 2 bridgehead atoms. The van der Waals surface area contributed by atoms with Crippen molar-refractivity contribution >= 4 is 11.7 Å². The fraction of sp³-hybridized carbons (Fsp3) is 0.550. The van der Waals surface area contributed by atoms with Crippen LogP contribution in [0, 0.1) is 5.92 Å². The number of benzene rings is 1. The number of carbonyl (C=O) groups is 1. The van der Waals surface area contributed by atoms with Gasteiger partial charge >= 0.3 is 5.97 Å². The highest BCUT2D eigenvalue weighted by Gasteiger charge is 2.59. The Hall–Kier alpha value is -1.81. The molecule has 4 aliphatic heterocycles. The van der Waals surface area contributed by atoms with Crippen LogP contribution in [0.5, 0.6) is 0 Å². The Morgan fingerprint density at radius 2 is 2.12 bits per heavy atom. The molecule has 1 aromatic rings. The van der Waals surface area contributed by atoms with E-state index in [1.807, 2.05) is 0 Å². The van der Waals surface area contributed by atoms with Crippen LogP contribution in [0.25, 0.3) is 0 Å². The van der Waals surface area contributed by atoms with Crippen LogP contribution in [0.1, 0.15) is 31.2 Å². The maximum Gasteiger partial charge on any atom is 0.329 e. The Kier molecular flexibility index (Phi) is 3.08. The normalized spacial score (nSPS) is 38.2. The third-order valence-corrected chi connectivity index (χ3v) is 6.79. The first kappa shape index (κ1) is 14.5. The number of piperidine rings is 3. The number of rotatable bonds is 1. The minimum Gasteiger partial charge on any atom is -0.467 e. The third kappa shape index (κ3) is 1.70. The second kappa shape index (κ2) is 5.09. The van der Waals surface area contributed by atoms with Gasteiger partial charge in [0.15, 0.2) is 0 Å². The molecule has 4 nitrogen and oxygen atoms in total. The summed E-state index contributed by atoms with van der Waals surface area (Å²) in [5.74, 6) is 0.764. The first-order chi connectivity index (χ1) is 11.7. The molecule has 0 N–H and O–H groups in total. The van der Waals surface area contributed by atoms with E-state index in [0.29, 0.717) is 18.0 Å². The van der Waals surface area contributed by atoms with E-state index in [-0.39, 0.29) is 17.9 Å². The molecule has 3 fully saturated rings. The summed E-state index contributed by atoms with van der Waals surface area (Å²) in [5, 5.41) is 0. The standard InChI is InChI=1S/C20H24N2O2/c1-3-12-11-21-9-8-14-13-6-4-5-7-16(13)22-18(14)17(21)10-15(12)19(22)20(23)24-2/h3-7,14-15,17-19H,8-11H2,1-2H3. The van der Waals surface area contributed by atoms with E-state index >= 15 is 0 Å². The second-order valence-corrected chi connectivity index (χ2v) is 7.56. The molecule has 4 heteroatoms. The summed E-state index contributed by atoms with van der Waals surface area (Å²) in [4.78, 5) is 17.9. The first-order valence-corrected chi connectivity index (χ1v) is 9.08. The van der Waals surface area contributed by atoms with Crippen molar-refractivity contribution in [3.05, 3.63) is 41.5 Å². The van der Waals surface area contributed by atoms with Crippen LogP contribution in [0.2, 0.25) is 0 Å². The number of carbonyl (C=O) groups excluding carboxylic acids is 1. The van der Waals surface area contributed by atoms with E-state index in [1.165, 1.54) is 36.9 Å². The van der Waals surface area contributed by atoms with Gasteiger partial charge in [-0.2, -0.15) is 0 Å². The molecule has 0 saturated carbocycles. The molecule has 1 aromatic carbocycles. The number of para-hydroxylation sites is 1. The summed E-state index contributed by atoms with van der Waals surface area (Å²) >= 11 is 0. The number of esters is 1. The predicted molar refractivity (Wildman–Crippen MR) is 93.1 cm³/mol. The van der Waals surface area contributed by atoms with Gasteiger partial charge < -0.3 is 9.64 Å². The molecule has 126 valence electrons. The zero-order chi connectivity index (χ0) is 16.4. The highest BCUT2D eigenvalue weighted by molar-refractivity contribution is 5.84. The van der Waals surface area contributed by atoms with E-state index in [2.05, 4.69) is 47.1 Å². The quantitative estimate of drug-likeness (QED) is 0.587. The molecule has 4 heterocycles. The number of fused-ring (bicyclic) bond motifs is 4. The van der Waals surface area contributed by atoms with E-state index in [1.54, 1.807) is 0 Å². The lowest BCUT2D eigenvalue weighted by atomic mass is 9.69. The van der Waals surface area contributed by atoms with Crippen LogP contribution in [0.15, 0.2) is 35.9 Å². The summed E-state index contributed by atoms with van der Waals surface area (Å²) in [6.45, 7) is 4.30. The Bertz CT molecular complexity index is 728. The number of ether oxygens (including phenoxy) is 1. The molecule has 0 amide bonds. The SMILES string of the molecule is CC=C1CN2CCC3c4ccccc4N4C(C(=O)OC)C1CC2C34. The predicted octanol–water partition coefficient (Wildman–Crippen LogP) is 2.55. The molecule has 24 heavy (non-hydrogen) atoms. The van der Waals surface area contributed by atoms with Crippen molar-refractivity contribution in [1.82, 2.24) is 4.90 Å². The highest BCUT2D eigenvalue weighted by atomic mass is 16.5. The third-order valence-electron chi connectivity index (χ3n) is 6.79. The van der Waals surface area contributed by atoms with Gasteiger partial charge in [0, 0.05) is 30.1 Å². The summed E-state index contributed by atoms with van der Waals surface area (Å²) < 4.78 is 5.26. The molecule has 5 atom stereocenters. The number of nitrogens with zero attached hydrogens (tertiary/aromatic N) is 2. The van der Waals surface area contributed by atoms with E-state index in [4.69, 9.17) is 4.74 Å². The second-order valence-electron chi connectivity index (χ2n) is 7.56. The molecule has 0 spiro atoms. The highest BCUT2D eigenvalue weighted by Crippen LogP contribution is 2.55. The van der Waals surface area contributed by atoms with E-state index in [0.717, 1.165) is 13.0 Å². The Morgan fingerprint density at radius 1 is 1.29 bits per heavy atom. The van der Waals surface area contributed by atoms with E-state index < -0.39 is 0 Å². The average molecular weight is 324 g/mol. The van der Waals surface area contributed by atoms with Gasteiger partial charge in [-0.15, -0.1) is 0 Å². The molecular weight excluding hydrogens is 300 g/mol. The Balaban J connectivity index is 1.71. The zero-order valence-electron chi connectivity index (χ0n) is 14.3. The fourth-order valence-electron chi connectivity index (χ4n) is 5.85. The van der Waals surface area contributed by atoms with Gasteiger partial charge in [0.2, 0.25) is 0 Å². The first-order valence-electron chi connectivity index (χ1n) is 9.08. The van der Waals surface area contributed by atoms with Crippen molar-refractivity contribution in [2.24, 2.45) is 5.92 Å². The van der Waals surface area contributed by atoms with Gasteiger partial charge in [-0.05, 0) is 37.9 Å². The van der Waals surface area contributed by atoms with Gasteiger partial charge in [0.1, 0.15) is 6.04 Å². The van der Waals surface area contributed by atoms with Gasteiger partial charge in [-0.3, -0.25) is 4.90 Å². The lowest BCUT2D eigenvalue weighted by Gasteiger charge is -2.58. The molecule has 0 aliphatic carbocycles. The Labute approximate surface area is 143 Å². The van der Waals surface area contributed by atoms with Gasteiger partial charge in [0.05, 0.1) is 13.2 Å². The van der Waals surface area contributed by atoms with Crippen molar-refractivity contribution in [1.29, 1.82) is 0 Å². The number of hydrogen-bond donors (Lipinski definition) is 0. The average Bonchev–Trinajstić information content (AvgIpc) is 2.96. The fourth-order valence-corrected chi connectivity index (χ4v) is 5.85. The van der Waals surface area contributed by atoms with Crippen molar-refractivity contribution in [3.8, 4) is 0 Å². The molecule has 4 aliphatic rings. The van der Waals surface area contributed by atoms with Crippen LogP contribution in [0.4, 0.5) is 5.69 Å². The zero-order valence-corrected chi connectivity index (χ0v) is 14.3. The van der Waals surface area contributed by atoms with Crippen molar-refractivity contribution in [2.75, 3.05) is 25.1 Å². The maximum atomic E-state index is 12.8. The van der Waals surface area contributed by atoms with E-state index in [9.17, 15) is 4.79 Å². The van der Waals surface area contributed by atoms with Crippen LogP contribution in [-0.2, 0) is 9.53 Å². The summed E-state index contributed by atoms with van der Waals surface area (Å²) in [6, 6.07) is 9.52. The summed E-state index contributed by atoms with van der Waals surface area (Å²) in [7, 11) is 1.53. The van der Waals surface area contributed by atoms with Gasteiger partial charge in [0.25, 0.3) is 0 Å². The van der Waals surface area contributed by atoms with Gasteiger partial charge in [-0.1, -0.05) is 29.8 Å². The minimum atomic E-state index is -0.172. The monoisotopic (exact) mass is 324 g/mol. The molecule has 5 rings (SSSR count). The van der Waals surface area contributed by atoms with Gasteiger partial charge in [-0.25, -0.2) is 4.79 Å². The lowest BCUT2D eigenvalue weighted by molar-refractivity contribution is -0.145. The molecule has 3 saturated heterocycles. The number of anilines is 1. The van der Waals surface area contributed by atoms with Crippen molar-refractivity contribution in [3.63, 3.8) is 0 Å². The smallest absolute Gasteiger partial charge is 0.329 e. The lowest BCUT2D eigenvalue weighted by Crippen LogP contribution is -2.69. The molecule has 5 unspecified atom stereocenters. The summed E-state index contributed by atoms with van der Waals surface area (Å²) in [5.41, 5.74) is 4.10. The number of allylic oxidation sites excluding steroid dienone is 1. The molecular formula is C20H24N2O2. The topological polar surface area (TPSA) is 32.8 Å². The molecule has 0 aromatic heterocycles. The largest absolute Gasteiger partial charge is 0.467 e. The molecule has 0 radical (unpaired) electrons. The van der Waals surface area contributed by atoms with Crippen molar-refractivity contribution in [2.45, 2.75) is 43.8 Å². The van der Waals surface area contributed by atoms with Crippen LogP contribution >= 0.6 is 0 Å². The number of methoxy groups -OCH3 is 1. The number of hydrogen-bond acceptors (Lipinski definition) is 4. The maximum absolute atomic E-state index is 12.8. The van der Waals surface area contributed by atoms with Crippen LogP contribution in [0.3, 0.4) is 0 Å². The van der Waals surface area contributed by atoms with Crippen molar-refractivity contribution < 1.29 is 9.53 Å². The Morgan fingerprint density at radius 3 is 2.92 bits per heavy atom. The van der Waals surface area contributed by atoms with Crippen LogP contribution < -0.4 is 4.90 Å². The minimum absolute atomic E-state index is 0.0766.